The third-order valence-electron chi connectivity index (χ3n) is 3.46. The molecule has 2 N–H and O–H groups in total. The van der Waals surface area contributed by atoms with Gasteiger partial charge in [-0.15, -0.1) is 5.10 Å². The Bertz CT molecular complexity index is 916. The average Bonchev–Trinajstić information content (AvgIpc) is 3.05. The fraction of sp³-hybridized carbons (Fsp3) is 0.118. The first-order valence-corrected chi connectivity index (χ1v) is 8.37. The first-order valence-electron chi connectivity index (χ1n) is 7.59. The molecule has 0 aliphatic heterocycles. The molecule has 26 heavy (non-hydrogen) atoms. The topological polar surface area (TPSA) is 64.0 Å². The maximum absolute atomic E-state index is 13.1. The van der Waals surface area contributed by atoms with E-state index in [1.54, 1.807) is 17.9 Å². The Morgan fingerprint density at radius 2 is 2.00 bits per heavy atom. The minimum absolute atomic E-state index is 0.340. The number of thiocarbonyl (C=S) groups is 1. The van der Waals surface area contributed by atoms with Gasteiger partial charge in [0.05, 0.1) is 13.7 Å². The molecule has 2 aromatic carbocycles. The van der Waals surface area contributed by atoms with Crippen LogP contribution < -0.4 is 15.4 Å². The van der Waals surface area contributed by atoms with Gasteiger partial charge in [-0.1, -0.05) is 17.7 Å². The normalized spacial score (nSPS) is 10.4. The van der Waals surface area contributed by atoms with Crippen LogP contribution >= 0.6 is 23.8 Å². The van der Waals surface area contributed by atoms with Gasteiger partial charge in [0.2, 0.25) is 5.95 Å². The zero-order valence-corrected chi connectivity index (χ0v) is 15.3. The number of nitrogens with zero attached hydrogens (tertiary/aromatic N) is 3. The first kappa shape index (κ1) is 18.1. The van der Waals surface area contributed by atoms with Gasteiger partial charge in [0.1, 0.15) is 17.9 Å². The summed E-state index contributed by atoms with van der Waals surface area (Å²) in [6.07, 6.45) is 1.54. The van der Waals surface area contributed by atoms with E-state index in [2.05, 4.69) is 20.7 Å². The van der Waals surface area contributed by atoms with Crippen LogP contribution in [-0.4, -0.2) is 27.0 Å². The molecule has 0 amide bonds. The Balaban J connectivity index is 1.59. The lowest BCUT2D eigenvalue weighted by Crippen LogP contribution is -2.20. The largest absolute Gasteiger partial charge is 0.497 e. The number of halogens is 2. The minimum atomic E-state index is -0.380. The van der Waals surface area contributed by atoms with E-state index in [-0.39, 0.29) is 5.82 Å². The molecule has 0 bridgehead atoms. The van der Waals surface area contributed by atoms with Crippen LogP contribution in [0.5, 0.6) is 5.75 Å². The van der Waals surface area contributed by atoms with Crippen LogP contribution in [0.25, 0.3) is 0 Å². The lowest BCUT2D eigenvalue weighted by molar-refractivity contribution is 0.415. The molecule has 0 saturated carbocycles. The minimum Gasteiger partial charge on any atom is -0.497 e. The second-order valence-electron chi connectivity index (χ2n) is 5.31. The zero-order valence-electron chi connectivity index (χ0n) is 13.7. The van der Waals surface area contributed by atoms with Crippen LogP contribution in [0.3, 0.4) is 0 Å². The molecular weight excluding hydrogens is 377 g/mol. The predicted molar refractivity (Wildman–Crippen MR) is 103 cm³/mol. The number of hydrogen-bond acceptors (Lipinski definition) is 4. The lowest BCUT2D eigenvalue weighted by Gasteiger charge is -2.08. The highest BCUT2D eigenvalue weighted by Crippen LogP contribution is 2.18. The SMILES string of the molecule is COc1ccc(NC(=S)Nc2ncn(Cc3ccc(F)cc3Cl)n2)cc1. The summed E-state index contributed by atoms with van der Waals surface area (Å²) in [5, 5.41) is 10.9. The molecule has 0 radical (unpaired) electrons. The number of hydrogen-bond donors (Lipinski definition) is 2. The van der Waals surface area contributed by atoms with Gasteiger partial charge in [-0.05, 0) is 54.2 Å². The summed E-state index contributed by atoms with van der Waals surface area (Å²) in [5.74, 6) is 0.721. The van der Waals surface area contributed by atoms with Crippen LogP contribution in [-0.2, 0) is 6.54 Å². The summed E-state index contributed by atoms with van der Waals surface area (Å²) < 4.78 is 19.8. The molecule has 0 unspecified atom stereocenters. The number of aromatic nitrogens is 3. The van der Waals surface area contributed by atoms with Gasteiger partial charge in [0, 0.05) is 10.7 Å². The van der Waals surface area contributed by atoms with Crippen molar-refractivity contribution in [2.24, 2.45) is 0 Å². The molecule has 1 aromatic heterocycles. The molecule has 0 atom stereocenters. The van der Waals surface area contributed by atoms with Gasteiger partial charge in [0.15, 0.2) is 5.11 Å². The highest BCUT2D eigenvalue weighted by Gasteiger charge is 2.07. The van der Waals surface area contributed by atoms with Gasteiger partial charge in [0.25, 0.3) is 0 Å². The van der Waals surface area contributed by atoms with Crippen LogP contribution in [0.15, 0.2) is 48.8 Å². The summed E-state index contributed by atoms with van der Waals surface area (Å²) in [6, 6.07) is 11.6. The number of nitrogens with one attached hydrogen (secondary N) is 2. The van der Waals surface area contributed by atoms with Crippen molar-refractivity contribution in [1.29, 1.82) is 0 Å². The Hall–Kier alpha value is -2.71. The van der Waals surface area contributed by atoms with Gasteiger partial charge >= 0.3 is 0 Å². The standard InChI is InChI=1S/C17H15ClFN5OS/c1-25-14-6-4-13(5-7-14)21-17(26)22-16-20-10-24(23-16)9-11-2-3-12(19)8-15(11)18/h2-8,10H,9H2,1H3,(H2,21,22,23,26). The van der Waals surface area contributed by atoms with Crippen molar-refractivity contribution in [2.75, 3.05) is 17.7 Å². The van der Waals surface area contributed by atoms with Gasteiger partial charge in [-0.25, -0.2) is 14.1 Å². The maximum Gasteiger partial charge on any atom is 0.248 e. The third kappa shape index (κ3) is 4.68. The van der Waals surface area contributed by atoms with Crippen LogP contribution in [0.2, 0.25) is 5.02 Å². The van der Waals surface area contributed by atoms with Crippen LogP contribution in [0.4, 0.5) is 16.0 Å². The zero-order chi connectivity index (χ0) is 18.5. The lowest BCUT2D eigenvalue weighted by atomic mass is 10.2. The second-order valence-corrected chi connectivity index (χ2v) is 6.12. The van der Waals surface area contributed by atoms with Crippen molar-refractivity contribution >= 4 is 40.6 Å². The summed E-state index contributed by atoms with van der Waals surface area (Å²) in [5.41, 5.74) is 1.55. The molecule has 3 aromatic rings. The van der Waals surface area contributed by atoms with Crippen LogP contribution in [0, 0.1) is 5.82 Å². The van der Waals surface area contributed by atoms with E-state index in [1.807, 2.05) is 24.3 Å². The van der Waals surface area contributed by atoms with E-state index >= 15 is 0 Å². The summed E-state index contributed by atoms with van der Waals surface area (Å²) >= 11 is 11.3. The molecule has 6 nitrogen and oxygen atoms in total. The Morgan fingerprint density at radius 1 is 1.23 bits per heavy atom. The molecule has 0 saturated heterocycles. The number of anilines is 2. The quantitative estimate of drug-likeness (QED) is 0.642. The van der Waals surface area contributed by atoms with Crippen molar-refractivity contribution < 1.29 is 9.13 Å². The van der Waals surface area contributed by atoms with Crippen molar-refractivity contribution in [1.82, 2.24) is 14.8 Å². The summed E-state index contributed by atoms with van der Waals surface area (Å²) in [7, 11) is 1.61. The number of ether oxygens (including phenoxy) is 1. The summed E-state index contributed by atoms with van der Waals surface area (Å²) in [6.45, 7) is 0.368. The Morgan fingerprint density at radius 3 is 2.69 bits per heavy atom. The van der Waals surface area contributed by atoms with Gasteiger partial charge in [-0.2, -0.15) is 0 Å². The fourth-order valence-electron chi connectivity index (χ4n) is 2.19. The first-order chi connectivity index (χ1) is 12.5. The number of rotatable bonds is 5. The number of methoxy groups -OCH3 is 1. The maximum atomic E-state index is 13.1. The molecule has 9 heteroatoms. The fourth-order valence-corrected chi connectivity index (χ4v) is 2.63. The van der Waals surface area contributed by atoms with Gasteiger partial charge < -0.3 is 10.1 Å². The van der Waals surface area contributed by atoms with Crippen molar-refractivity contribution in [3.63, 3.8) is 0 Å². The smallest absolute Gasteiger partial charge is 0.248 e. The van der Waals surface area contributed by atoms with E-state index in [0.29, 0.717) is 22.6 Å². The molecule has 0 aliphatic rings. The number of benzene rings is 2. The highest BCUT2D eigenvalue weighted by molar-refractivity contribution is 7.80. The highest BCUT2D eigenvalue weighted by atomic mass is 35.5. The van der Waals surface area contributed by atoms with E-state index in [1.165, 1.54) is 18.5 Å². The molecule has 0 spiro atoms. The Kier molecular flexibility index (Phi) is 5.65. The molecule has 0 fully saturated rings. The van der Waals surface area contributed by atoms with Crippen LogP contribution in [0.1, 0.15) is 5.56 Å². The van der Waals surface area contributed by atoms with Crippen molar-refractivity contribution in [2.45, 2.75) is 6.54 Å². The Labute approximate surface area is 160 Å². The monoisotopic (exact) mass is 391 g/mol. The molecule has 134 valence electrons. The van der Waals surface area contributed by atoms with Crippen molar-refractivity contribution in [3.05, 3.63) is 65.2 Å². The molecule has 0 aliphatic carbocycles. The molecule has 3 rings (SSSR count). The third-order valence-corrected chi connectivity index (χ3v) is 4.01. The van der Waals surface area contributed by atoms with E-state index in [0.717, 1.165) is 17.0 Å². The molecular formula is C17H15ClFN5OS. The summed E-state index contributed by atoms with van der Waals surface area (Å²) in [4.78, 5) is 4.14. The van der Waals surface area contributed by atoms with Crippen molar-refractivity contribution in [3.8, 4) is 5.75 Å². The van der Waals surface area contributed by atoms with E-state index in [9.17, 15) is 4.39 Å². The molecule has 1 heterocycles. The van der Waals surface area contributed by atoms with Gasteiger partial charge in [-0.3, -0.25) is 5.32 Å². The predicted octanol–water partition coefficient (Wildman–Crippen LogP) is 3.94. The average molecular weight is 392 g/mol. The van der Waals surface area contributed by atoms with E-state index < -0.39 is 0 Å². The second kappa shape index (κ2) is 8.11. The van der Waals surface area contributed by atoms with E-state index in [4.69, 9.17) is 28.6 Å².